The highest BCUT2D eigenvalue weighted by Gasteiger charge is 2.31. The van der Waals surface area contributed by atoms with E-state index in [1.807, 2.05) is 47.4 Å². The number of nitrogens with zero attached hydrogens (tertiary/aromatic N) is 1. The lowest BCUT2D eigenvalue weighted by molar-refractivity contribution is 0.0988. The number of hydrogen-bond donors (Lipinski definition) is 1. The molecule has 0 aliphatic carbocycles. The molecule has 4 heteroatoms. The van der Waals surface area contributed by atoms with Crippen molar-refractivity contribution in [3.63, 3.8) is 0 Å². The standard InChI is InChI=1S/C17H17IN2O/c18-14-7-5-12(6-8-14)17(21)20-11-13(9-10-19)15-3-1-2-4-16(15)20/h1-8,13H,9-11,19H2. The zero-order valence-corrected chi connectivity index (χ0v) is 13.8. The molecule has 1 aliphatic rings. The minimum atomic E-state index is 0.0679. The first-order valence-corrected chi connectivity index (χ1v) is 8.15. The predicted molar refractivity (Wildman–Crippen MR) is 93.7 cm³/mol. The molecule has 2 aromatic carbocycles. The molecule has 0 saturated carbocycles. The van der Waals surface area contributed by atoms with E-state index in [-0.39, 0.29) is 5.91 Å². The normalized spacial score (nSPS) is 16.9. The summed E-state index contributed by atoms with van der Waals surface area (Å²) in [6, 6.07) is 15.9. The van der Waals surface area contributed by atoms with Gasteiger partial charge in [0.15, 0.2) is 0 Å². The minimum absolute atomic E-state index is 0.0679. The third kappa shape index (κ3) is 2.82. The molecule has 0 fully saturated rings. The van der Waals surface area contributed by atoms with Gasteiger partial charge in [0.25, 0.3) is 5.91 Å². The van der Waals surface area contributed by atoms with E-state index in [0.717, 1.165) is 27.8 Å². The number of amides is 1. The van der Waals surface area contributed by atoms with E-state index in [0.29, 0.717) is 12.5 Å². The third-order valence-electron chi connectivity index (χ3n) is 3.92. The van der Waals surface area contributed by atoms with E-state index in [1.165, 1.54) is 5.56 Å². The Bertz CT molecular complexity index is 654. The van der Waals surface area contributed by atoms with Crippen LogP contribution in [0.25, 0.3) is 0 Å². The smallest absolute Gasteiger partial charge is 0.258 e. The summed E-state index contributed by atoms with van der Waals surface area (Å²) in [5, 5.41) is 0. The van der Waals surface area contributed by atoms with Crippen molar-refractivity contribution in [2.75, 3.05) is 18.0 Å². The van der Waals surface area contributed by atoms with E-state index in [1.54, 1.807) is 0 Å². The van der Waals surface area contributed by atoms with Crippen LogP contribution in [0.15, 0.2) is 48.5 Å². The number of benzene rings is 2. The number of carbonyl (C=O) groups excluding carboxylic acids is 1. The molecule has 1 amide bonds. The number of halogens is 1. The van der Waals surface area contributed by atoms with E-state index in [4.69, 9.17) is 5.73 Å². The van der Waals surface area contributed by atoms with Crippen molar-refractivity contribution in [3.05, 3.63) is 63.2 Å². The Kier molecular flexibility index (Phi) is 4.26. The lowest BCUT2D eigenvalue weighted by Crippen LogP contribution is -2.30. The zero-order valence-electron chi connectivity index (χ0n) is 11.6. The minimum Gasteiger partial charge on any atom is -0.330 e. The van der Waals surface area contributed by atoms with Gasteiger partial charge in [-0.25, -0.2) is 0 Å². The molecule has 21 heavy (non-hydrogen) atoms. The number of carbonyl (C=O) groups is 1. The maximum Gasteiger partial charge on any atom is 0.258 e. The van der Waals surface area contributed by atoms with Gasteiger partial charge < -0.3 is 10.6 Å². The Balaban J connectivity index is 1.92. The summed E-state index contributed by atoms with van der Waals surface area (Å²) in [6.07, 6.45) is 0.910. The number of fused-ring (bicyclic) bond motifs is 1. The van der Waals surface area contributed by atoms with Gasteiger partial charge in [0.05, 0.1) is 0 Å². The Hall–Kier alpha value is -1.40. The fraction of sp³-hybridized carbons (Fsp3) is 0.235. The van der Waals surface area contributed by atoms with Crippen LogP contribution in [0.5, 0.6) is 0 Å². The van der Waals surface area contributed by atoms with Crippen molar-refractivity contribution in [1.29, 1.82) is 0 Å². The van der Waals surface area contributed by atoms with Gasteiger partial charge in [0.2, 0.25) is 0 Å². The first-order valence-electron chi connectivity index (χ1n) is 7.07. The van der Waals surface area contributed by atoms with Gasteiger partial charge in [0, 0.05) is 27.3 Å². The van der Waals surface area contributed by atoms with Gasteiger partial charge in [-0.3, -0.25) is 4.79 Å². The summed E-state index contributed by atoms with van der Waals surface area (Å²) in [4.78, 5) is 14.6. The van der Waals surface area contributed by atoms with E-state index in [9.17, 15) is 4.79 Å². The molecule has 1 unspecified atom stereocenters. The topological polar surface area (TPSA) is 46.3 Å². The first-order chi connectivity index (χ1) is 10.2. The van der Waals surface area contributed by atoms with E-state index in [2.05, 4.69) is 28.7 Å². The second-order valence-electron chi connectivity index (χ2n) is 5.26. The van der Waals surface area contributed by atoms with E-state index >= 15 is 0 Å². The number of nitrogens with two attached hydrogens (primary N) is 1. The summed E-state index contributed by atoms with van der Waals surface area (Å²) in [5.41, 5.74) is 8.71. The number of anilines is 1. The molecule has 2 N–H and O–H groups in total. The van der Waals surface area contributed by atoms with Gasteiger partial charge in [-0.2, -0.15) is 0 Å². The van der Waals surface area contributed by atoms with Crippen LogP contribution in [0.3, 0.4) is 0 Å². The molecular weight excluding hydrogens is 375 g/mol. The number of hydrogen-bond acceptors (Lipinski definition) is 2. The lowest BCUT2D eigenvalue weighted by atomic mass is 9.98. The second kappa shape index (κ2) is 6.15. The molecule has 0 spiro atoms. The predicted octanol–water partition coefficient (Wildman–Crippen LogP) is 3.38. The maximum absolute atomic E-state index is 12.8. The largest absolute Gasteiger partial charge is 0.330 e. The van der Waals surface area contributed by atoms with Crippen LogP contribution >= 0.6 is 22.6 Å². The lowest BCUT2D eigenvalue weighted by Gasteiger charge is -2.18. The fourth-order valence-corrected chi connectivity index (χ4v) is 3.24. The van der Waals surface area contributed by atoms with Crippen LogP contribution in [0, 0.1) is 3.57 Å². The molecule has 0 aromatic heterocycles. The van der Waals surface area contributed by atoms with Crippen molar-refractivity contribution in [3.8, 4) is 0 Å². The van der Waals surface area contributed by atoms with Crippen LogP contribution in [0.2, 0.25) is 0 Å². The Morgan fingerprint density at radius 2 is 1.90 bits per heavy atom. The highest BCUT2D eigenvalue weighted by atomic mass is 127. The molecule has 2 aromatic rings. The first kappa shape index (κ1) is 14.5. The Morgan fingerprint density at radius 1 is 1.19 bits per heavy atom. The quantitative estimate of drug-likeness (QED) is 0.815. The molecule has 0 saturated heterocycles. The third-order valence-corrected chi connectivity index (χ3v) is 4.64. The van der Waals surface area contributed by atoms with Crippen molar-refractivity contribution in [2.45, 2.75) is 12.3 Å². The molecular formula is C17H17IN2O. The summed E-state index contributed by atoms with van der Waals surface area (Å²) in [7, 11) is 0. The number of para-hydroxylation sites is 1. The summed E-state index contributed by atoms with van der Waals surface area (Å²) in [6.45, 7) is 1.37. The Morgan fingerprint density at radius 3 is 2.62 bits per heavy atom. The summed E-state index contributed by atoms with van der Waals surface area (Å²) >= 11 is 2.24. The van der Waals surface area contributed by atoms with Crippen LogP contribution in [0.1, 0.15) is 28.3 Å². The molecule has 1 aliphatic heterocycles. The monoisotopic (exact) mass is 392 g/mol. The summed E-state index contributed by atoms with van der Waals surface area (Å²) < 4.78 is 1.13. The molecule has 1 atom stereocenters. The Labute approximate surface area is 138 Å². The molecule has 108 valence electrons. The summed E-state index contributed by atoms with van der Waals surface area (Å²) in [5.74, 6) is 0.414. The van der Waals surface area contributed by atoms with Gasteiger partial charge in [-0.1, -0.05) is 18.2 Å². The molecule has 3 nitrogen and oxygen atoms in total. The highest BCUT2D eigenvalue weighted by molar-refractivity contribution is 14.1. The molecule has 3 rings (SSSR count). The van der Waals surface area contributed by atoms with Crippen molar-refractivity contribution in [1.82, 2.24) is 0 Å². The van der Waals surface area contributed by atoms with Crippen molar-refractivity contribution >= 4 is 34.2 Å². The zero-order chi connectivity index (χ0) is 14.8. The average molecular weight is 392 g/mol. The fourth-order valence-electron chi connectivity index (χ4n) is 2.88. The maximum atomic E-state index is 12.8. The second-order valence-corrected chi connectivity index (χ2v) is 6.50. The number of rotatable bonds is 3. The van der Waals surface area contributed by atoms with Crippen molar-refractivity contribution in [2.24, 2.45) is 5.73 Å². The van der Waals surface area contributed by atoms with Gasteiger partial charge >= 0.3 is 0 Å². The molecule has 1 heterocycles. The van der Waals surface area contributed by atoms with Gasteiger partial charge in [0.1, 0.15) is 0 Å². The van der Waals surface area contributed by atoms with Gasteiger partial charge in [-0.05, 0) is 71.5 Å². The SMILES string of the molecule is NCCC1CN(C(=O)c2ccc(I)cc2)c2ccccc21. The van der Waals surface area contributed by atoms with Crippen LogP contribution in [-0.4, -0.2) is 19.0 Å². The van der Waals surface area contributed by atoms with Crippen molar-refractivity contribution < 1.29 is 4.79 Å². The van der Waals surface area contributed by atoms with Crippen LogP contribution in [-0.2, 0) is 0 Å². The van der Waals surface area contributed by atoms with Crippen LogP contribution < -0.4 is 10.6 Å². The average Bonchev–Trinajstić information content (AvgIpc) is 2.87. The van der Waals surface area contributed by atoms with Gasteiger partial charge in [-0.15, -0.1) is 0 Å². The molecule has 0 bridgehead atoms. The molecule has 0 radical (unpaired) electrons. The highest BCUT2D eigenvalue weighted by Crippen LogP contribution is 2.38. The van der Waals surface area contributed by atoms with Crippen LogP contribution in [0.4, 0.5) is 5.69 Å². The van der Waals surface area contributed by atoms with E-state index < -0.39 is 0 Å².